The fraction of sp³-hybridized carbons (Fsp3) is 0.467. The molecule has 0 saturated carbocycles. The van der Waals surface area contributed by atoms with Crippen molar-refractivity contribution in [3.8, 4) is 0 Å². The first-order valence-corrected chi connectivity index (χ1v) is 8.15. The summed E-state index contributed by atoms with van der Waals surface area (Å²) in [6.07, 6.45) is 1.72. The third-order valence-electron chi connectivity index (χ3n) is 3.00. The summed E-state index contributed by atoms with van der Waals surface area (Å²) in [6, 6.07) is 2.04. The fourth-order valence-corrected chi connectivity index (χ4v) is 2.53. The molecule has 0 amide bonds. The first kappa shape index (κ1) is 16.2. The van der Waals surface area contributed by atoms with Gasteiger partial charge in [0.2, 0.25) is 0 Å². The van der Waals surface area contributed by atoms with E-state index in [0.29, 0.717) is 5.02 Å². The molecule has 21 heavy (non-hydrogen) atoms. The topological polar surface area (TPSA) is 41.1 Å². The standard InChI is InChI=1S/C15H21ClN4S/c1-15(2,3)19-6-11-5-14(17-7-13(11)16)20(4)8-12-9-21-10-18-12/h5,7,9-10,19H,6,8H2,1-4H3. The number of nitrogens with zero attached hydrogens (tertiary/aromatic N) is 3. The molecule has 0 aliphatic rings. The predicted molar refractivity (Wildman–Crippen MR) is 90.1 cm³/mol. The van der Waals surface area contributed by atoms with Crippen molar-refractivity contribution in [2.75, 3.05) is 11.9 Å². The van der Waals surface area contributed by atoms with Crippen LogP contribution in [0.2, 0.25) is 5.02 Å². The fourth-order valence-electron chi connectivity index (χ4n) is 1.81. The van der Waals surface area contributed by atoms with Gasteiger partial charge >= 0.3 is 0 Å². The zero-order valence-electron chi connectivity index (χ0n) is 12.9. The number of hydrogen-bond donors (Lipinski definition) is 1. The predicted octanol–water partition coefficient (Wildman–Crippen LogP) is 3.72. The van der Waals surface area contributed by atoms with Gasteiger partial charge < -0.3 is 10.2 Å². The Hall–Kier alpha value is -1.17. The number of pyridine rings is 1. The molecule has 0 saturated heterocycles. The molecule has 0 spiro atoms. The van der Waals surface area contributed by atoms with Crippen molar-refractivity contribution in [1.82, 2.24) is 15.3 Å². The van der Waals surface area contributed by atoms with Gasteiger partial charge in [0.1, 0.15) is 5.82 Å². The number of aromatic nitrogens is 2. The summed E-state index contributed by atoms with van der Waals surface area (Å²) >= 11 is 7.84. The van der Waals surface area contributed by atoms with Gasteiger partial charge in [0.25, 0.3) is 0 Å². The molecule has 0 aromatic carbocycles. The summed E-state index contributed by atoms with van der Waals surface area (Å²) in [6.45, 7) is 7.87. The van der Waals surface area contributed by atoms with Crippen LogP contribution in [-0.4, -0.2) is 22.6 Å². The van der Waals surface area contributed by atoms with E-state index in [2.05, 4.69) is 46.3 Å². The van der Waals surface area contributed by atoms with Crippen molar-refractivity contribution in [2.45, 2.75) is 39.4 Å². The van der Waals surface area contributed by atoms with Crippen LogP contribution in [0.5, 0.6) is 0 Å². The minimum Gasteiger partial charge on any atom is -0.354 e. The van der Waals surface area contributed by atoms with Gasteiger partial charge in [-0.3, -0.25) is 0 Å². The van der Waals surface area contributed by atoms with Crippen LogP contribution in [0, 0.1) is 0 Å². The molecule has 6 heteroatoms. The van der Waals surface area contributed by atoms with Crippen molar-refractivity contribution in [1.29, 1.82) is 0 Å². The van der Waals surface area contributed by atoms with E-state index in [1.54, 1.807) is 17.5 Å². The second-order valence-corrected chi connectivity index (χ2v) is 7.20. The third kappa shape index (κ3) is 4.95. The maximum Gasteiger partial charge on any atom is 0.128 e. The molecule has 2 aromatic heterocycles. The second-order valence-electron chi connectivity index (χ2n) is 6.07. The van der Waals surface area contributed by atoms with Crippen LogP contribution < -0.4 is 10.2 Å². The number of anilines is 1. The molecule has 1 N–H and O–H groups in total. The molecule has 114 valence electrons. The molecule has 0 radical (unpaired) electrons. The van der Waals surface area contributed by atoms with E-state index in [4.69, 9.17) is 11.6 Å². The number of rotatable bonds is 5. The zero-order chi connectivity index (χ0) is 15.5. The lowest BCUT2D eigenvalue weighted by atomic mass is 10.1. The molecule has 2 rings (SSSR count). The van der Waals surface area contributed by atoms with Gasteiger partial charge in [-0.1, -0.05) is 11.6 Å². The van der Waals surface area contributed by atoms with Crippen LogP contribution in [0.4, 0.5) is 5.82 Å². The summed E-state index contributed by atoms with van der Waals surface area (Å²) in [4.78, 5) is 10.8. The Morgan fingerprint density at radius 2 is 2.10 bits per heavy atom. The molecule has 0 fully saturated rings. The Balaban J connectivity index is 2.10. The van der Waals surface area contributed by atoms with Crippen LogP contribution in [-0.2, 0) is 13.1 Å². The van der Waals surface area contributed by atoms with Crippen molar-refractivity contribution >= 4 is 28.8 Å². The number of hydrogen-bond acceptors (Lipinski definition) is 5. The Morgan fingerprint density at radius 3 is 2.71 bits per heavy atom. The first-order valence-electron chi connectivity index (χ1n) is 6.83. The second kappa shape index (κ2) is 6.73. The van der Waals surface area contributed by atoms with E-state index in [0.717, 1.165) is 30.2 Å². The quantitative estimate of drug-likeness (QED) is 0.910. The van der Waals surface area contributed by atoms with Crippen LogP contribution in [0.25, 0.3) is 0 Å². The largest absolute Gasteiger partial charge is 0.354 e. The monoisotopic (exact) mass is 324 g/mol. The van der Waals surface area contributed by atoms with Gasteiger partial charge in [-0.2, -0.15) is 0 Å². The normalized spacial score (nSPS) is 11.7. The molecule has 4 nitrogen and oxygen atoms in total. The highest BCUT2D eigenvalue weighted by Crippen LogP contribution is 2.21. The highest BCUT2D eigenvalue weighted by Gasteiger charge is 2.12. The highest BCUT2D eigenvalue weighted by atomic mass is 35.5. The molecule has 0 atom stereocenters. The number of thiazole rings is 1. The lowest BCUT2D eigenvalue weighted by Crippen LogP contribution is -2.35. The SMILES string of the molecule is CN(Cc1cscn1)c1cc(CNC(C)(C)C)c(Cl)cn1. The minimum absolute atomic E-state index is 0.0548. The minimum atomic E-state index is 0.0548. The molecule has 2 heterocycles. The number of nitrogens with one attached hydrogen (secondary N) is 1. The first-order chi connectivity index (χ1) is 9.85. The average Bonchev–Trinajstić information content (AvgIpc) is 2.89. The summed E-state index contributed by atoms with van der Waals surface area (Å²) in [5.41, 5.74) is 4.01. The number of halogens is 1. The van der Waals surface area contributed by atoms with E-state index in [1.807, 2.05) is 18.6 Å². The van der Waals surface area contributed by atoms with Crippen LogP contribution in [0.3, 0.4) is 0 Å². The van der Waals surface area contributed by atoms with E-state index in [9.17, 15) is 0 Å². The van der Waals surface area contributed by atoms with E-state index < -0.39 is 0 Å². The molecular weight excluding hydrogens is 304 g/mol. The van der Waals surface area contributed by atoms with Crippen molar-refractivity contribution in [3.05, 3.63) is 39.4 Å². The highest BCUT2D eigenvalue weighted by molar-refractivity contribution is 7.07. The lowest BCUT2D eigenvalue weighted by molar-refractivity contribution is 0.424. The molecule has 2 aromatic rings. The Bertz CT molecular complexity index is 578. The Kier molecular flexibility index (Phi) is 5.19. The van der Waals surface area contributed by atoms with Gasteiger partial charge in [0, 0.05) is 30.7 Å². The molecule has 0 bridgehead atoms. The van der Waals surface area contributed by atoms with Crippen LogP contribution in [0.15, 0.2) is 23.2 Å². The summed E-state index contributed by atoms with van der Waals surface area (Å²) in [5.74, 6) is 0.901. The van der Waals surface area contributed by atoms with E-state index in [1.165, 1.54) is 0 Å². The van der Waals surface area contributed by atoms with Gasteiger partial charge in [-0.25, -0.2) is 9.97 Å². The summed E-state index contributed by atoms with van der Waals surface area (Å²) in [5, 5.41) is 6.19. The molecule has 0 aliphatic heterocycles. The van der Waals surface area contributed by atoms with Crippen LogP contribution >= 0.6 is 22.9 Å². The molecule has 0 aliphatic carbocycles. The maximum atomic E-state index is 6.24. The van der Waals surface area contributed by atoms with Gasteiger partial charge in [0.15, 0.2) is 0 Å². The Morgan fingerprint density at radius 1 is 1.33 bits per heavy atom. The van der Waals surface area contributed by atoms with Crippen molar-refractivity contribution in [3.63, 3.8) is 0 Å². The van der Waals surface area contributed by atoms with Gasteiger partial charge in [-0.15, -0.1) is 11.3 Å². The van der Waals surface area contributed by atoms with Gasteiger partial charge in [-0.05, 0) is 32.4 Å². The van der Waals surface area contributed by atoms with E-state index >= 15 is 0 Å². The van der Waals surface area contributed by atoms with Gasteiger partial charge in [0.05, 0.1) is 22.8 Å². The Labute approximate surface area is 135 Å². The summed E-state index contributed by atoms with van der Waals surface area (Å²) < 4.78 is 0. The average molecular weight is 325 g/mol. The maximum absolute atomic E-state index is 6.24. The van der Waals surface area contributed by atoms with Crippen molar-refractivity contribution < 1.29 is 0 Å². The van der Waals surface area contributed by atoms with Crippen molar-refractivity contribution in [2.24, 2.45) is 0 Å². The lowest BCUT2D eigenvalue weighted by Gasteiger charge is -2.22. The smallest absolute Gasteiger partial charge is 0.128 e. The molecular formula is C15H21ClN4S. The summed E-state index contributed by atoms with van der Waals surface area (Å²) in [7, 11) is 2.01. The van der Waals surface area contributed by atoms with E-state index in [-0.39, 0.29) is 5.54 Å². The van der Waals surface area contributed by atoms with Crippen LogP contribution in [0.1, 0.15) is 32.0 Å². The molecule has 0 unspecified atom stereocenters. The third-order valence-corrected chi connectivity index (χ3v) is 3.98. The zero-order valence-corrected chi connectivity index (χ0v) is 14.4.